The molecule has 0 spiro atoms. The van der Waals surface area contributed by atoms with Crippen molar-refractivity contribution in [1.29, 1.82) is 0 Å². The molecule has 1 aromatic rings. The quantitative estimate of drug-likeness (QED) is 0.635. The molecule has 0 aliphatic heterocycles. The van der Waals surface area contributed by atoms with Crippen molar-refractivity contribution in [3.63, 3.8) is 0 Å². The van der Waals surface area contributed by atoms with Gasteiger partial charge in [0.15, 0.2) is 0 Å². The van der Waals surface area contributed by atoms with E-state index in [0.717, 1.165) is 12.1 Å². The predicted octanol–water partition coefficient (Wildman–Crippen LogP) is 2.67. The molecule has 1 heterocycles. The lowest BCUT2D eigenvalue weighted by molar-refractivity contribution is 0.160. The summed E-state index contributed by atoms with van der Waals surface area (Å²) in [5.41, 5.74) is 4.65. The molecule has 1 unspecified atom stereocenters. The topological polar surface area (TPSA) is 50.9 Å². The van der Waals surface area contributed by atoms with E-state index >= 15 is 0 Å². The molecule has 0 aromatic carbocycles. The number of hydrogen-bond acceptors (Lipinski definition) is 3. The Morgan fingerprint density at radius 1 is 1.39 bits per heavy atom. The van der Waals surface area contributed by atoms with E-state index in [1.54, 1.807) is 0 Å². The first-order valence-corrected chi connectivity index (χ1v) is 6.97. The van der Waals surface area contributed by atoms with Crippen LogP contribution < -0.4 is 11.3 Å². The third-order valence-electron chi connectivity index (χ3n) is 4.32. The highest BCUT2D eigenvalue weighted by Gasteiger charge is 2.31. The first-order chi connectivity index (χ1) is 8.61. The average molecular weight is 247 g/mol. The minimum Gasteiger partial charge on any atom is -0.271 e. The predicted molar refractivity (Wildman–Crippen MR) is 74.8 cm³/mol. The maximum absolute atomic E-state index is 5.74. The fourth-order valence-corrected chi connectivity index (χ4v) is 2.93. The second kappa shape index (κ2) is 5.81. The van der Waals surface area contributed by atoms with Gasteiger partial charge >= 0.3 is 0 Å². The first-order valence-electron chi connectivity index (χ1n) is 6.97. The number of pyridine rings is 1. The Labute approximate surface area is 110 Å². The van der Waals surface area contributed by atoms with Gasteiger partial charge in [0.05, 0.1) is 0 Å². The van der Waals surface area contributed by atoms with Gasteiger partial charge in [0.1, 0.15) is 0 Å². The summed E-state index contributed by atoms with van der Waals surface area (Å²) >= 11 is 0. The molecule has 0 saturated heterocycles. The van der Waals surface area contributed by atoms with Crippen LogP contribution in [-0.2, 0) is 6.42 Å². The molecule has 100 valence electrons. The second-order valence-corrected chi connectivity index (χ2v) is 6.30. The largest absolute Gasteiger partial charge is 0.271 e. The Kier molecular flexibility index (Phi) is 4.36. The van der Waals surface area contributed by atoms with Crippen LogP contribution in [0.1, 0.15) is 45.2 Å². The van der Waals surface area contributed by atoms with Crippen LogP contribution in [0.2, 0.25) is 0 Å². The Balaban J connectivity index is 1.94. The lowest BCUT2D eigenvalue weighted by Crippen LogP contribution is -2.44. The van der Waals surface area contributed by atoms with Crippen LogP contribution in [-0.4, -0.2) is 11.0 Å². The summed E-state index contributed by atoms with van der Waals surface area (Å²) in [7, 11) is 0. The fraction of sp³-hybridized carbons (Fsp3) is 0.667. The van der Waals surface area contributed by atoms with Gasteiger partial charge in [-0.25, -0.2) is 0 Å². The highest BCUT2D eigenvalue weighted by Crippen LogP contribution is 2.39. The van der Waals surface area contributed by atoms with Gasteiger partial charge in [-0.15, -0.1) is 0 Å². The maximum Gasteiger partial charge on any atom is 0.0419 e. The molecule has 3 N–H and O–H groups in total. The zero-order chi connectivity index (χ0) is 13.0. The lowest BCUT2D eigenvalue weighted by atomic mass is 9.70. The van der Waals surface area contributed by atoms with Crippen LogP contribution in [0.3, 0.4) is 0 Å². The molecule has 1 aliphatic rings. The van der Waals surface area contributed by atoms with Crippen LogP contribution in [0.15, 0.2) is 24.4 Å². The van der Waals surface area contributed by atoms with Gasteiger partial charge in [-0.3, -0.25) is 16.3 Å². The summed E-state index contributed by atoms with van der Waals surface area (Å²) in [5, 5.41) is 0. The van der Waals surface area contributed by atoms with Crippen LogP contribution in [0.4, 0.5) is 0 Å². The first kappa shape index (κ1) is 13.5. The normalized spacial score (nSPS) is 21.7. The highest BCUT2D eigenvalue weighted by atomic mass is 15.2. The molecular weight excluding hydrogens is 222 g/mol. The zero-order valence-electron chi connectivity index (χ0n) is 11.5. The van der Waals surface area contributed by atoms with Crippen LogP contribution in [0, 0.1) is 11.3 Å². The van der Waals surface area contributed by atoms with Crippen molar-refractivity contribution >= 4 is 0 Å². The number of hydrazine groups is 1. The smallest absolute Gasteiger partial charge is 0.0419 e. The van der Waals surface area contributed by atoms with Crippen LogP contribution >= 0.6 is 0 Å². The molecule has 1 fully saturated rings. The Hall–Kier alpha value is -0.930. The molecule has 3 nitrogen and oxygen atoms in total. The molecule has 3 heteroatoms. The Morgan fingerprint density at radius 3 is 2.67 bits per heavy atom. The third kappa shape index (κ3) is 3.53. The molecule has 0 bridgehead atoms. The molecule has 0 radical (unpaired) electrons. The maximum atomic E-state index is 5.74. The van der Waals surface area contributed by atoms with Crippen molar-refractivity contribution in [3.05, 3.63) is 30.1 Å². The number of hydrogen-bond donors (Lipinski definition) is 2. The summed E-state index contributed by atoms with van der Waals surface area (Å²) in [6.07, 6.45) is 7.94. The number of rotatable bonds is 4. The van der Waals surface area contributed by atoms with Crippen molar-refractivity contribution < 1.29 is 0 Å². The summed E-state index contributed by atoms with van der Waals surface area (Å²) in [5.74, 6) is 6.43. The van der Waals surface area contributed by atoms with Crippen molar-refractivity contribution in [3.8, 4) is 0 Å². The minimum atomic E-state index is 0.357. The molecule has 1 saturated carbocycles. The van der Waals surface area contributed by atoms with Gasteiger partial charge in [0, 0.05) is 24.4 Å². The lowest BCUT2D eigenvalue weighted by Gasteiger charge is -2.37. The zero-order valence-corrected chi connectivity index (χ0v) is 11.5. The minimum absolute atomic E-state index is 0.357. The van der Waals surface area contributed by atoms with E-state index in [9.17, 15) is 0 Å². The summed E-state index contributed by atoms with van der Waals surface area (Å²) in [6.45, 7) is 4.74. The Bertz CT molecular complexity index is 351. The van der Waals surface area contributed by atoms with E-state index in [1.165, 1.54) is 25.7 Å². The standard InChI is InChI=1S/C15H25N3/c1-15(2)8-6-12(7-9-15)14(18-16)11-13-5-3-4-10-17-13/h3-5,10,12,14,18H,6-9,11,16H2,1-2H3. The monoisotopic (exact) mass is 247 g/mol. The summed E-state index contributed by atoms with van der Waals surface area (Å²) in [4.78, 5) is 4.39. The van der Waals surface area contributed by atoms with Gasteiger partial charge < -0.3 is 0 Å². The number of nitrogens with one attached hydrogen (secondary N) is 1. The van der Waals surface area contributed by atoms with Gasteiger partial charge in [-0.2, -0.15) is 0 Å². The molecule has 1 atom stereocenters. The Morgan fingerprint density at radius 2 is 2.11 bits per heavy atom. The van der Waals surface area contributed by atoms with E-state index in [2.05, 4.69) is 30.3 Å². The number of aromatic nitrogens is 1. The van der Waals surface area contributed by atoms with E-state index in [-0.39, 0.29) is 0 Å². The summed E-state index contributed by atoms with van der Waals surface area (Å²) in [6, 6.07) is 6.44. The van der Waals surface area contributed by atoms with Gasteiger partial charge in [0.25, 0.3) is 0 Å². The van der Waals surface area contributed by atoms with Gasteiger partial charge in [0.2, 0.25) is 0 Å². The molecule has 2 rings (SSSR count). The SMILES string of the molecule is CC1(C)CCC(C(Cc2ccccn2)NN)CC1. The molecule has 1 aromatic heterocycles. The van der Waals surface area contributed by atoms with Crippen LogP contribution in [0.5, 0.6) is 0 Å². The molecule has 0 amide bonds. The second-order valence-electron chi connectivity index (χ2n) is 6.30. The third-order valence-corrected chi connectivity index (χ3v) is 4.32. The van der Waals surface area contributed by atoms with Crippen molar-refractivity contribution in [2.45, 2.75) is 52.0 Å². The highest BCUT2D eigenvalue weighted by molar-refractivity contribution is 5.06. The average Bonchev–Trinajstić information content (AvgIpc) is 2.38. The molecule has 1 aliphatic carbocycles. The van der Waals surface area contributed by atoms with E-state index < -0.39 is 0 Å². The number of nitrogens with zero attached hydrogens (tertiary/aromatic N) is 1. The van der Waals surface area contributed by atoms with Gasteiger partial charge in [-0.05, 0) is 49.1 Å². The van der Waals surface area contributed by atoms with E-state index in [1.807, 2.05) is 18.3 Å². The molecular formula is C15H25N3. The number of nitrogens with two attached hydrogens (primary N) is 1. The van der Waals surface area contributed by atoms with Crippen LogP contribution in [0.25, 0.3) is 0 Å². The van der Waals surface area contributed by atoms with Crippen molar-refractivity contribution in [1.82, 2.24) is 10.4 Å². The van der Waals surface area contributed by atoms with E-state index in [0.29, 0.717) is 17.4 Å². The van der Waals surface area contributed by atoms with Crippen molar-refractivity contribution in [2.24, 2.45) is 17.2 Å². The van der Waals surface area contributed by atoms with Gasteiger partial charge in [-0.1, -0.05) is 19.9 Å². The van der Waals surface area contributed by atoms with E-state index in [4.69, 9.17) is 5.84 Å². The van der Waals surface area contributed by atoms with Crippen molar-refractivity contribution in [2.75, 3.05) is 0 Å². The summed E-state index contributed by atoms with van der Waals surface area (Å²) < 4.78 is 0. The molecule has 18 heavy (non-hydrogen) atoms. The fourth-order valence-electron chi connectivity index (χ4n) is 2.93.